The van der Waals surface area contributed by atoms with Crippen molar-refractivity contribution >= 4 is 18.0 Å². The molecule has 16 heavy (non-hydrogen) atoms. The van der Waals surface area contributed by atoms with E-state index in [9.17, 15) is 14.4 Å². The number of carbonyl (C=O) groups is 3. The number of urea groups is 2. The van der Waals surface area contributed by atoms with Crippen LogP contribution in [0, 0.1) is 0 Å². The van der Waals surface area contributed by atoms with Gasteiger partial charge in [-0.25, -0.2) is 14.4 Å². The van der Waals surface area contributed by atoms with Crippen LogP contribution in [0.3, 0.4) is 0 Å². The molecule has 0 fully saturated rings. The van der Waals surface area contributed by atoms with Crippen molar-refractivity contribution in [3.63, 3.8) is 0 Å². The Morgan fingerprint density at radius 1 is 1.19 bits per heavy atom. The van der Waals surface area contributed by atoms with Crippen molar-refractivity contribution < 1.29 is 19.2 Å². The fraction of sp³-hybridized carbons (Fsp3) is 0.571. The molecule has 0 aromatic carbocycles. The molecule has 0 spiro atoms. The van der Waals surface area contributed by atoms with Gasteiger partial charge in [-0.05, 0) is 12.8 Å². The molecule has 0 aromatic rings. The van der Waals surface area contributed by atoms with E-state index >= 15 is 0 Å². The van der Waals surface area contributed by atoms with Crippen LogP contribution in [-0.2, 0) is 9.63 Å². The predicted molar refractivity (Wildman–Crippen MR) is 53.6 cm³/mol. The number of amides is 4. The van der Waals surface area contributed by atoms with Gasteiger partial charge in [0.25, 0.3) is 0 Å². The van der Waals surface area contributed by atoms with E-state index in [0.717, 1.165) is 0 Å². The van der Waals surface area contributed by atoms with Gasteiger partial charge < -0.3 is 27.4 Å². The zero-order chi connectivity index (χ0) is 12.6. The highest BCUT2D eigenvalue weighted by molar-refractivity contribution is 5.78. The topological polar surface area (TPSA) is 163 Å². The number of nitrogens with one attached hydrogen (secondary N) is 2. The van der Waals surface area contributed by atoms with Gasteiger partial charge in [0, 0.05) is 6.54 Å². The largest absolute Gasteiger partial charge is 0.352 e. The van der Waals surface area contributed by atoms with E-state index < -0.39 is 24.1 Å². The zero-order valence-corrected chi connectivity index (χ0v) is 8.56. The van der Waals surface area contributed by atoms with Crippen LogP contribution in [-0.4, -0.2) is 30.6 Å². The smallest absolute Gasteiger partial charge is 0.348 e. The molecular formula is C7H15N5O4. The van der Waals surface area contributed by atoms with Gasteiger partial charge in [-0.3, -0.25) is 0 Å². The van der Waals surface area contributed by atoms with Gasteiger partial charge in [-0.15, -0.1) is 0 Å². The first kappa shape index (κ1) is 14.0. The molecule has 0 aromatic heterocycles. The first-order valence-electron chi connectivity index (χ1n) is 4.48. The molecule has 8 N–H and O–H groups in total. The second-order valence-electron chi connectivity index (χ2n) is 2.93. The van der Waals surface area contributed by atoms with E-state index in [-0.39, 0.29) is 6.42 Å². The average molecular weight is 234 g/mol. The van der Waals surface area contributed by atoms with Gasteiger partial charge in [0.2, 0.25) is 0 Å². The summed E-state index contributed by atoms with van der Waals surface area (Å²) in [6, 6.07) is -2.54. The minimum Gasteiger partial charge on any atom is -0.352 e. The van der Waals surface area contributed by atoms with Crippen LogP contribution < -0.4 is 28.0 Å². The van der Waals surface area contributed by atoms with Gasteiger partial charge in [0.05, 0.1) is 0 Å². The molecule has 0 unspecified atom stereocenters. The number of nitrogens with two attached hydrogens (primary N) is 3. The lowest BCUT2D eigenvalue weighted by Gasteiger charge is -2.10. The van der Waals surface area contributed by atoms with Crippen LogP contribution in [0.1, 0.15) is 12.8 Å². The van der Waals surface area contributed by atoms with Crippen molar-refractivity contribution in [3.8, 4) is 0 Å². The second kappa shape index (κ2) is 7.29. The Kier molecular flexibility index (Phi) is 6.36. The molecule has 0 bridgehead atoms. The summed E-state index contributed by atoms with van der Waals surface area (Å²) in [6.45, 7) is 0.305. The molecule has 9 nitrogen and oxygen atoms in total. The van der Waals surface area contributed by atoms with Crippen molar-refractivity contribution in [2.24, 2.45) is 17.2 Å². The third-order valence-corrected chi connectivity index (χ3v) is 1.55. The second-order valence-corrected chi connectivity index (χ2v) is 2.93. The summed E-state index contributed by atoms with van der Waals surface area (Å²) < 4.78 is 0. The van der Waals surface area contributed by atoms with Gasteiger partial charge in [-0.1, -0.05) is 0 Å². The Morgan fingerprint density at radius 2 is 1.81 bits per heavy atom. The van der Waals surface area contributed by atoms with Crippen molar-refractivity contribution in [3.05, 3.63) is 0 Å². The van der Waals surface area contributed by atoms with Crippen LogP contribution in [0.5, 0.6) is 0 Å². The van der Waals surface area contributed by atoms with Gasteiger partial charge in [0.1, 0.15) is 6.04 Å². The maximum Gasteiger partial charge on any atom is 0.348 e. The first-order valence-corrected chi connectivity index (χ1v) is 4.48. The highest BCUT2D eigenvalue weighted by Gasteiger charge is 2.15. The van der Waals surface area contributed by atoms with E-state index in [2.05, 4.69) is 15.9 Å². The summed E-state index contributed by atoms with van der Waals surface area (Å²) in [7, 11) is 0. The number of hydroxylamine groups is 1. The molecule has 1 atom stereocenters. The fourth-order valence-corrected chi connectivity index (χ4v) is 0.828. The summed E-state index contributed by atoms with van der Waals surface area (Å²) in [5, 5.41) is 2.33. The maximum absolute atomic E-state index is 11.0. The van der Waals surface area contributed by atoms with Crippen molar-refractivity contribution in [2.75, 3.05) is 6.54 Å². The molecule has 0 radical (unpaired) electrons. The molecule has 0 aliphatic rings. The number of primary amides is 2. The van der Waals surface area contributed by atoms with Gasteiger partial charge in [0.15, 0.2) is 0 Å². The first-order chi connectivity index (χ1) is 7.43. The van der Waals surface area contributed by atoms with Gasteiger partial charge >= 0.3 is 18.0 Å². The highest BCUT2D eigenvalue weighted by Crippen LogP contribution is 1.95. The molecule has 0 saturated heterocycles. The molecular weight excluding hydrogens is 219 g/mol. The Hall–Kier alpha value is -2.03. The summed E-state index contributed by atoms with van der Waals surface area (Å²) in [4.78, 5) is 35.8. The molecule has 0 aliphatic heterocycles. The Morgan fingerprint density at radius 3 is 2.31 bits per heavy atom. The third kappa shape index (κ3) is 7.38. The lowest BCUT2D eigenvalue weighted by molar-refractivity contribution is -0.150. The van der Waals surface area contributed by atoms with E-state index in [1.165, 1.54) is 0 Å². The molecule has 0 aliphatic carbocycles. The standard InChI is InChI=1S/C7H15N5O4/c8-4(2-1-3-11-6(9)14)5(13)16-12-7(10)15/h4H,1-3,8H2,(H3,9,11,14)(H3,10,12,15)/t4-/m0/s1/i7+1. The van der Waals surface area contributed by atoms with Crippen LogP contribution >= 0.6 is 0 Å². The lowest BCUT2D eigenvalue weighted by Crippen LogP contribution is -2.40. The van der Waals surface area contributed by atoms with E-state index in [1.807, 2.05) is 0 Å². The van der Waals surface area contributed by atoms with Crippen LogP contribution in [0.25, 0.3) is 0 Å². The Balaban J connectivity index is 3.62. The minimum atomic E-state index is -0.990. The molecule has 0 saturated carbocycles. The number of hydrogen-bond acceptors (Lipinski definition) is 5. The van der Waals surface area contributed by atoms with E-state index in [4.69, 9.17) is 11.5 Å². The summed E-state index contributed by atoms with van der Waals surface area (Å²) in [5.41, 5.74) is 16.5. The number of rotatable bonds is 5. The summed E-state index contributed by atoms with van der Waals surface area (Å²) >= 11 is 0. The maximum atomic E-state index is 11.0. The van der Waals surface area contributed by atoms with Crippen LogP contribution in [0.2, 0.25) is 0 Å². The SMILES string of the molecule is NC(=O)NCCC[C@H](N)C(=O)ON[13C](N)=O. The lowest BCUT2D eigenvalue weighted by atomic mass is 10.2. The average Bonchev–Trinajstić information content (AvgIpc) is 2.20. The molecule has 92 valence electrons. The molecule has 4 amide bonds. The monoisotopic (exact) mass is 234 g/mol. The van der Waals surface area contributed by atoms with Crippen molar-refractivity contribution in [2.45, 2.75) is 18.9 Å². The highest BCUT2D eigenvalue weighted by atomic mass is 16.7. The zero-order valence-electron chi connectivity index (χ0n) is 8.56. The quantitative estimate of drug-likeness (QED) is 0.208. The number of carbonyl (C=O) groups excluding carboxylic acids is 3. The molecule has 0 heterocycles. The number of hydrogen-bond donors (Lipinski definition) is 5. The van der Waals surface area contributed by atoms with Crippen LogP contribution in [0.4, 0.5) is 9.59 Å². The van der Waals surface area contributed by atoms with E-state index in [0.29, 0.717) is 13.0 Å². The summed E-state index contributed by atoms with van der Waals surface area (Å²) in [5.74, 6) is -0.808. The van der Waals surface area contributed by atoms with E-state index in [1.54, 1.807) is 5.48 Å². The third-order valence-electron chi connectivity index (χ3n) is 1.55. The minimum absolute atomic E-state index is 0.277. The van der Waals surface area contributed by atoms with Crippen molar-refractivity contribution in [1.29, 1.82) is 0 Å². The molecule has 0 rings (SSSR count). The fourth-order valence-electron chi connectivity index (χ4n) is 0.828. The van der Waals surface area contributed by atoms with Crippen molar-refractivity contribution in [1.82, 2.24) is 10.8 Å². The van der Waals surface area contributed by atoms with Gasteiger partial charge in [-0.2, -0.15) is 5.48 Å². The Labute approximate surface area is 91.6 Å². The Bertz CT molecular complexity index is 270. The predicted octanol–water partition coefficient (Wildman–Crippen LogP) is -2.11. The van der Waals surface area contributed by atoms with Crippen LogP contribution in [0.15, 0.2) is 0 Å². The summed E-state index contributed by atoms with van der Waals surface area (Å²) in [6.07, 6.45) is 0.731. The molecule has 9 heteroatoms. The normalized spacial score (nSPS) is 11.3.